The summed E-state index contributed by atoms with van der Waals surface area (Å²) in [7, 11) is 1.45. The number of carbonyl (C=O) groups is 3. The first-order valence-corrected chi connectivity index (χ1v) is 11.1. The highest BCUT2D eigenvalue weighted by molar-refractivity contribution is 6.13. The highest BCUT2D eigenvalue weighted by atomic mass is 19.1. The van der Waals surface area contributed by atoms with Gasteiger partial charge in [-0.1, -0.05) is 35.9 Å². The van der Waals surface area contributed by atoms with Crippen LogP contribution in [-0.2, 0) is 16.1 Å². The molecule has 0 saturated carbocycles. The molecule has 0 unspecified atom stereocenters. The van der Waals surface area contributed by atoms with Crippen molar-refractivity contribution in [1.29, 1.82) is 0 Å². The van der Waals surface area contributed by atoms with Gasteiger partial charge in [-0.3, -0.25) is 14.5 Å². The van der Waals surface area contributed by atoms with Crippen LogP contribution >= 0.6 is 0 Å². The Morgan fingerprint density at radius 2 is 1.75 bits per heavy atom. The molecule has 4 rings (SSSR count). The van der Waals surface area contributed by atoms with Crippen LogP contribution in [0.1, 0.15) is 16.7 Å². The molecular weight excluding hydrogens is 465 g/mol. The maximum Gasteiger partial charge on any atom is 0.329 e. The van der Waals surface area contributed by atoms with Crippen LogP contribution in [0.25, 0.3) is 6.08 Å². The van der Waals surface area contributed by atoms with Gasteiger partial charge in [-0.05, 0) is 60.5 Å². The number of benzene rings is 3. The van der Waals surface area contributed by atoms with Crippen molar-refractivity contribution in [3.8, 4) is 11.5 Å². The molecule has 3 aromatic carbocycles. The van der Waals surface area contributed by atoms with Crippen molar-refractivity contribution in [2.45, 2.75) is 13.5 Å². The third-order valence-corrected chi connectivity index (χ3v) is 5.41. The molecule has 36 heavy (non-hydrogen) atoms. The quantitative estimate of drug-likeness (QED) is 0.364. The van der Waals surface area contributed by atoms with Crippen molar-refractivity contribution in [1.82, 2.24) is 10.2 Å². The average molecular weight is 490 g/mol. The maximum absolute atomic E-state index is 13.0. The Morgan fingerprint density at radius 1 is 1.03 bits per heavy atom. The molecular formula is C27H24FN3O5. The van der Waals surface area contributed by atoms with Crippen LogP contribution in [0.2, 0.25) is 0 Å². The number of urea groups is 1. The van der Waals surface area contributed by atoms with Crippen LogP contribution in [0.3, 0.4) is 0 Å². The first-order chi connectivity index (χ1) is 17.3. The number of amides is 4. The van der Waals surface area contributed by atoms with Gasteiger partial charge >= 0.3 is 6.03 Å². The number of hydrogen-bond donors (Lipinski definition) is 2. The summed E-state index contributed by atoms with van der Waals surface area (Å²) in [4.78, 5) is 38.5. The van der Waals surface area contributed by atoms with Gasteiger partial charge in [0.2, 0.25) is 0 Å². The second kappa shape index (κ2) is 10.7. The third-order valence-electron chi connectivity index (χ3n) is 5.41. The molecule has 0 bridgehead atoms. The van der Waals surface area contributed by atoms with Gasteiger partial charge in [-0.2, -0.15) is 0 Å². The van der Waals surface area contributed by atoms with Gasteiger partial charge in [-0.25, -0.2) is 9.18 Å². The Hall–Kier alpha value is -4.66. The Labute approximate surface area is 207 Å². The predicted molar refractivity (Wildman–Crippen MR) is 132 cm³/mol. The van der Waals surface area contributed by atoms with Crippen LogP contribution in [0, 0.1) is 12.7 Å². The fourth-order valence-electron chi connectivity index (χ4n) is 3.52. The Kier molecular flexibility index (Phi) is 7.29. The summed E-state index contributed by atoms with van der Waals surface area (Å²) in [5, 5.41) is 5.21. The lowest BCUT2D eigenvalue weighted by Crippen LogP contribution is -2.30. The normalized spacial score (nSPS) is 14.1. The molecule has 3 aromatic rings. The molecule has 1 heterocycles. The van der Waals surface area contributed by atoms with Gasteiger partial charge in [0, 0.05) is 5.69 Å². The van der Waals surface area contributed by atoms with Crippen LogP contribution in [0.15, 0.2) is 72.4 Å². The molecule has 1 saturated heterocycles. The van der Waals surface area contributed by atoms with E-state index >= 15 is 0 Å². The number of nitrogens with zero attached hydrogens (tertiary/aromatic N) is 1. The first-order valence-electron chi connectivity index (χ1n) is 11.1. The van der Waals surface area contributed by atoms with Gasteiger partial charge in [0.25, 0.3) is 11.8 Å². The van der Waals surface area contributed by atoms with Crippen molar-refractivity contribution < 1.29 is 28.2 Å². The van der Waals surface area contributed by atoms with E-state index < -0.39 is 23.7 Å². The smallest absolute Gasteiger partial charge is 0.329 e. The minimum absolute atomic E-state index is 0.140. The number of rotatable bonds is 8. The highest BCUT2D eigenvalue weighted by Crippen LogP contribution is 2.29. The topological polar surface area (TPSA) is 97.0 Å². The lowest BCUT2D eigenvalue weighted by Gasteiger charge is -2.12. The molecule has 2 N–H and O–H groups in total. The van der Waals surface area contributed by atoms with Crippen molar-refractivity contribution in [2.24, 2.45) is 0 Å². The molecule has 8 nitrogen and oxygen atoms in total. The molecule has 0 spiro atoms. The molecule has 1 fully saturated rings. The minimum Gasteiger partial charge on any atom is -0.493 e. The molecule has 9 heteroatoms. The van der Waals surface area contributed by atoms with E-state index in [-0.39, 0.29) is 18.8 Å². The summed E-state index contributed by atoms with van der Waals surface area (Å²) in [5.74, 6) is -0.606. The Bertz CT molecular complexity index is 1320. The summed E-state index contributed by atoms with van der Waals surface area (Å²) in [6.45, 7) is 1.83. The zero-order chi connectivity index (χ0) is 25.7. The standard InChI is InChI=1S/C27H24FN3O5/c1-17-3-5-18(6-4-17)15-31-26(33)22(30-27(31)34)13-19-7-12-23(24(14-19)35-2)36-16-25(32)29-21-10-8-20(28)9-11-21/h3-14H,15-16H2,1-2H3,(H,29,32)(H,30,34)/b22-13+. The molecule has 0 atom stereocenters. The van der Waals surface area contributed by atoms with Gasteiger partial charge in [0.05, 0.1) is 13.7 Å². The second-order valence-electron chi connectivity index (χ2n) is 8.12. The number of aryl methyl sites for hydroxylation is 1. The number of hydrogen-bond acceptors (Lipinski definition) is 5. The van der Waals surface area contributed by atoms with Crippen molar-refractivity contribution >= 4 is 29.6 Å². The van der Waals surface area contributed by atoms with Gasteiger partial charge in [-0.15, -0.1) is 0 Å². The van der Waals surface area contributed by atoms with Gasteiger partial charge < -0.3 is 20.1 Å². The van der Waals surface area contributed by atoms with E-state index in [1.165, 1.54) is 31.4 Å². The molecule has 0 aliphatic carbocycles. The zero-order valence-electron chi connectivity index (χ0n) is 19.7. The fraction of sp³-hybridized carbons (Fsp3) is 0.148. The molecule has 1 aliphatic heterocycles. The molecule has 0 radical (unpaired) electrons. The van der Waals surface area contributed by atoms with Gasteiger partial charge in [0.1, 0.15) is 11.5 Å². The molecule has 1 aliphatic rings. The summed E-state index contributed by atoms with van der Waals surface area (Å²) in [5.41, 5.74) is 3.11. The van der Waals surface area contributed by atoms with E-state index in [9.17, 15) is 18.8 Å². The second-order valence-corrected chi connectivity index (χ2v) is 8.12. The van der Waals surface area contributed by atoms with Gasteiger partial charge in [0.15, 0.2) is 18.1 Å². The van der Waals surface area contributed by atoms with Crippen LogP contribution in [-0.4, -0.2) is 36.5 Å². The summed E-state index contributed by atoms with van der Waals surface area (Å²) < 4.78 is 23.9. The van der Waals surface area contributed by atoms with Crippen LogP contribution in [0.5, 0.6) is 11.5 Å². The third kappa shape index (κ3) is 5.87. The number of ether oxygens (including phenoxy) is 2. The van der Waals surface area contributed by atoms with E-state index in [0.717, 1.165) is 16.0 Å². The lowest BCUT2D eigenvalue weighted by atomic mass is 10.1. The van der Waals surface area contributed by atoms with E-state index in [2.05, 4.69) is 10.6 Å². The molecule has 0 aromatic heterocycles. The number of anilines is 1. The van der Waals surface area contributed by atoms with Crippen molar-refractivity contribution in [3.05, 3.63) is 94.9 Å². The largest absolute Gasteiger partial charge is 0.493 e. The molecule has 4 amide bonds. The summed E-state index contributed by atoms with van der Waals surface area (Å²) in [6, 6.07) is 17.4. The van der Waals surface area contributed by atoms with Crippen molar-refractivity contribution in [2.75, 3.05) is 19.0 Å². The fourth-order valence-corrected chi connectivity index (χ4v) is 3.52. The average Bonchev–Trinajstić information content (AvgIpc) is 3.13. The highest BCUT2D eigenvalue weighted by Gasteiger charge is 2.33. The Morgan fingerprint density at radius 3 is 2.44 bits per heavy atom. The van der Waals surface area contributed by atoms with E-state index in [1.807, 2.05) is 31.2 Å². The van der Waals surface area contributed by atoms with Crippen LogP contribution < -0.4 is 20.1 Å². The monoisotopic (exact) mass is 489 g/mol. The number of imide groups is 1. The van der Waals surface area contributed by atoms with E-state index in [1.54, 1.807) is 24.3 Å². The van der Waals surface area contributed by atoms with E-state index in [4.69, 9.17) is 9.47 Å². The van der Waals surface area contributed by atoms with Crippen LogP contribution in [0.4, 0.5) is 14.9 Å². The summed E-state index contributed by atoms with van der Waals surface area (Å²) in [6.07, 6.45) is 1.54. The number of carbonyl (C=O) groups excluding carboxylic acids is 3. The number of nitrogens with one attached hydrogen (secondary N) is 2. The Balaban J connectivity index is 1.41. The maximum atomic E-state index is 13.0. The lowest BCUT2D eigenvalue weighted by molar-refractivity contribution is -0.123. The minimum atomic E-state index is -0.495. The zero-order valence-corrected chi connectivity index (χ0v) is 19.7. The van der Waals surface area contributed by atoms with E-state index in [0.29, 0.717) is 22.7 Å². The molecule has 184 valence electrons. The number of methoxy groups -OCH3 is 1. The summed E-state index contributed by atoms with van der Waals surface area (Å²) >= 11 is 0. The first kappa shape index (κ1) is 24.5. The van der Waals surface area contributed by atoms with Crippen molar-refractivity contribution in [3.63, 3.8) is 0 Å². The number of halogens is 1. The predicted octanol–water partition coefficient (Wildman–Crippen LogP) is 4.25. The SMILES string of the molecule is COc1cc(/C=C2/NC(=O)N(Cc3ccc(C)cc3)C2=O)ccc1OCC(=O)Nc1ccc(F)cc1.